The number of hydrogen-bond donors (Lipinski definition) is 1. The minimum Gasteiger partial charge on any atom is -0.449 e. The third kappa shape index (κ3) is 4.30. The van der Waals surface area contributed by atoms with E-state index < -0.39 is 23.5 Å². The summed E-state index contributed by atoms with van der Waals surface area (Å²) in [5.74, 6) is -1.09. The van der Waals surface area contributed by atoms with Gasteiger partial charge in [-0.25, -0.2) is 4.79 Å². The maximum absolute atomic E-state index is 13.2. The normalized spacial score (nSPS) is 16.7. The van der Waals surface area contributed by atoms with Gasteiger partial charge >= 0.3 is 5.97 Å². The highest BCUT2D eigenvalue weighted by Gasteiger charge is 2.33. The molecule has 2 atom stereocenters. The van der Waals surface area contributed by atoms with Gasteiger partial charge in [0.2, 0.25) is 0 Å². The lowest BCUT2D eigenvalue weighted by Crippen LogP contribution is -2.52. The van der Waals surface area contributed by atoms with Crippen molar-refractivity contribution in [2.75, 3.05) is 0 Å². The van der Waals surface area contributed by atoms with E-state index in [0.717, 1.165) is 54.3 Å². The molecule has 1 aromatic carbocycles. The van der Waals surface area contributed by atoms with Gasteiger partial charge in [0, 0.05) is 11.1 Å². The van der Waals surface area contributed by atoms with Crippen molar-refractivity contribution in [3.8, 4) is 6.07 Å². The van der Waals surface area contributed by atoms with Gasteiger partial charge in [0.05, 0.1) is 17.1 Å². The minimum atomic E-state index is -1.03. The number of hydrogen-bond acceptors (Lipinski definition) is 5. The molecule has 0 unspecified atom stereocenters. The second-order valence-corrected chi connectivity index (χ2v) is 8.50. The number of carbonyl (C=O) groups excluding carboxylic acids is 2. The summed E-state index contributed by atoms with van der Waals surface area (Å²) in [4.78, 5) is 30.7. The number of para-hydroxylation sites is 1. The van der Waals surface area contributed by atoms with Crippen molar-refractivity contribution in [3.05, 3.63) is 41.1 Å². The Hall–Kier alpha value is -2.94. The zero-order chi connectivity index (χ0) is 21.9. The standard InChI is InChI=1S/C24H29N3O3/c1-15(2)24(4,14-25)27-22(28)16(3)30-23(29)21-17-10-6-5-7-12-19(17)26-20-13-9-8-11-18(20)21/h8-9,11,13,15-16H,5-7,10,12H2,1-4H3,(H,27,28)/t16-,24+/m0/s1. The molecule has 6 nitrogen and oxygen atoms in total. The molecular formula is C24H29N3O3. The molecule has 0 fully saturated rings. The van der Waals surface area contributed by atoms with Crippen molar-refractivity contribution >= 4 is 22.8 Å². The topological polar surface area (TPSA) is 92.1 Å². The van der Waals surface area contributed by atoms with Crippen LogP contribution in [0.2, 0.25) is 0 Å². The Bertz CT molecular complexity index is 1010. The quantitative estimate of drug-likeness (QED) is 0.595. The van der Waals surface area contributed by atoms with Gasteiger partial charge in [-0.3, -0.25) is 9.78 Å². The average Bonchev–Trinajstić information content (AvgIpc) is 2.96. The van der Waals surface area contributed by atoms with Gasteiger partial charge in [-0.05, 0) is 57.1 Å². The number of aryl methyl sites for hydroxylation is 1. The van der Waals surface area contributed by atoms with E-state index in [1.54, 1.807) is 6.92 Å². The van der Waals surface area contributed by atoms with E-state index in [4.69, 9.17) is 9.72 Å². The Morgan fingerprint density at radius 2 is 1.87 bits per heavy atom. The Labute approximate surface area is 177 Å². The van der Waals surface area contributed by atoms with Crippen molar-refractivity contribution in [2.24, 2.45) is 5.92 Å². The Morgan fingerprint density at radius 3 is 2.57 bits per heavy atom. The molecule has 1 heterocycles. The predicted molar refractivity (Wildman–Crippen MR) is 115 cm³/mol. The van der Waals surface area contributed by atoms with Crippen LogP contribution in [-0.2, 0) is 22.4 Å². The van der Waals surface area contributed by atoms with Gasteiger partial charge in [-0.15, -0.1) is 0 Å². The molecule has 0 aliphatic heterocycles. The number of pyridine rings is 1. The smallest absolute Gasteiger partial charge is 0.339 e. The molecule has 2 aromatic rings. The second-order valence-electron chi connectivity index (χ2n) is 8.50. The molecular weight excluding hydrogens is 378 g/mol. The molecule has 0 radical (unpaired) electrons. The van der Waals surface area contributed by atoms with E-state index in [0.29, 0.717) is 5.56 Å². The average molecular weight is 408 g/mol. The lowest BCUT2D eigenvalue weighted by Gasteiger charge is -2.28. The third-order valence-corrected chi connectivity index (χ3v) is 6.05. The lowest BCUT2D eigenvalue weighted by molar-refractivity contribution is -0.130. The van der Waals surface area contributed by atoms with Crippen LogP contribution in [0.3, 0.4) is 0 Å². The Balaban J connectivity index is 1.91. The Kier molecular flexibility index (Phi) is 6.40. The summed E-state index contributed by atoms with van der Waals surface area (Å²) in [5, 5.41) is 12.9. The number of esters is 1. The number of carbonyl (C=O) groups is 2. The molecule has 1 aliphatic rings. The van der Waals surface area contributed by atoms with Crippen LogP contribution < -0.4 is 5.32 Å². The van der Waals surface area contributed by atoms with E-state index >= 15 is 0 Å². The molecule has 1 aromatic heterocycles. The predicted octanol–water partition coefficient (Wildman–Crippen LogP) is 4.10. The number of ether oxygens (including phenoxy) is 1. The number of nitrogens with zero attached hydrogens (tertiary/aromatic N) is 2. The summed E-state index contributed by atoms with van der Waals surface area (Å²) in [6.45, 7) is 6.92. The van der Waals surface area contributed by atoms with Crippen LogP contribution in [-0.4, -0.2) is 28.5 Å². The number of rotatable bonds is 5. The summed E-state index contributed by atoms with van der Waals surface area (Å²) in [6.07, 6.45) is 3.74. The van der Waals surface area contributed by atoms with Gasteiger partial charge in [0.25, 0.3) is 5.91 Å². The zero-order valence-corrected chi connectivity index (χ0v) is 18.1. The van der Waals surface area contributed by atoms with Crippen LogP contribution in [0, 0.1) is 17.2 Å². The van der Waals surface area contributed by atoms with Crippen LogP contribution in [0.15, 0.2) is 24.3 Å². The van der Waals surface area contributed by atoms with Crippen molar-refractivity contribution < 1.29 is 14.3 Å². The fourth-order valence-corrected chi connectivity index (χ4v) is 3.71. The van der Waals surface area contributed by atoms with E-state index in [2.05, 4.69) is 11.4 Å². The molecule has 1 N–H and O–H groups in total. The maximum Gasteiger partial charge on any atom is 0.339 e. The van der Waals surface area contributed by atoms with E-state index in [1.165, 1.54) is 6.92 Å². The van der Waals surface area contributed by atoms with Crippen LogP contribution in [0.1, 0.15) is 68.6 Å². The van der Waals surface area contributed by atoms with Gasteiger partial charge in [0.1, 0.15) is 5.54 Å². The summed E-state index contributed by atoms with van der Waals surface area (Å²) < 4.78 is 5.60. The van der Waals surface area contributed by atoms with Gasteiger partial charge < -0.3 is 10.1 Å². The highest BCUT2D eigenvalue weighted by atomic mass is 16.5. The first-order chi connectivity index (χ1) is 14.3. The van der Waals surface area contributed by atoms with Gasteiger partial charge in [-0.2, -0.15) is 5.26 Å². The molecule has 0 bridgehead atoms. The minimum absolute atomic E-state index is 0.0886. The molecule has 1 aliphatic carbocycles. The van der Waals surface area contributed by atoms with Crippen LogP contribution in [0.5, 0.6) is 0 Å². The molecule has 1 amide bonds. The summed E-state index contributed by atoms with van der Waals surface area (Å²) in [6, 6.07) is 9.69. The fraction of sp³-hybridized carbons (Fsp3) is 0.500. The highest BCUT2D eigenvalue weighted by Crippen LogP contribution is 2.29. The molecule has 0 spiro atoms. The first kappa shape index (κ1) is 21.8. The number of aromatic nitrogens is 1. The summed E-state index contributed by atoms with van der Waals surface area (Å²) in [5.41, 5.74) is 2.14. The first-order valence-corrected chi connectivity index (χ1v) is 10.6. The van der Waals surface area contributed by atoms with Gasteiger partial charge in [-0.1, -0.05) is 38.5 Å². The van der Waals surface area contributed by atoms with Crippen LogP contribution in [0.25, 0.3) is 10.9 Å². The highest BCUT2D eigenvalue weighted by molar-refractivity contribution is 6.05. The largest absolute Gasteiger partial charge is 0.449 e. The molecule has 158 valence electrons. The summed E-state index contributed by atoms with van der Waals surface area (Å²) in [7, 11) is 0. The molecule has 3 rings (SSSR count). The first-order valence-electron chi connectivity index (χ1n) is 10.6. The van der Waals surface area contributed by atoms with Crippen molar-refractivity contribution in [3.63, 3.8) is 0 Å². The SMILES string of the molecule is CC(C)[C@@](C)(C#N)NC(=O)[C@H](C)OC(=O)c1c2c(nc3ccccc13)CCCCC2. The van der Waals surface area contributed by atoms with Gasteiger partial charge in [0.15, 0.2) is 6.10 Å². The maximum atomic E-state index is 13.2. The van der Waals surface area contributed by atoms with E-state index in [9.17, 15) is 14.9 Å². The molecule has 0 saturated carbocycles. The monoisotopic (exact) mass is 407 g/mol. The van der Waals surface area contributed by atoms with E-state index in [1.807, 2.05) is 38.1 Å². The van der Waals surface area contributed by atoms with Crippen LogP contribution >= 0.6 is 0 Å². The zero-order valence-electron chi connectivity index (χ0n) is 18.1. The molecule has 6 heteroatoms. The number of nitrogens with one attached hydrogen (secondary N) is 1. The number of nitriles is 1. The number of fused-ring (bicyclic) bond motifs is 2. The third-order valence-electron chi connectivity index (χ3n) is 6.05. The fourth-order valence-electron chi connectivity index (χ4n) is 3.71. The van der Waals surface area contributed by atoms with Crippen molar-refractivity contribution in [1.82, 2.24) is 10.3 Å². The second kappa shape index (κ2) is 8.83. The number of amides is 1. The van der Waals surface area contributed by atoms with Crippen molar-refractivity contribution in [2.45, 2.75) is 71.4 Å². The summed E-state index contributed by atoms with van der Waals surface area (Å²) >= 11 is 0. The lowest BCUT2D eigenvalue weighted by atomic mass is 9.90. The van der Waals surface area contributed by atoms with E-state index in [-0.39, 0.29) is 5.92 Å². The Morgan fingerprint density at radius 1 is 1.17 bits per heavy atom. The van der Waals surface area contributed by atoms with Crippen LogP contribution in [0.4, 0.5) is 0 Å². The molecule has 30 heavy (non-hydrogen) atoms. The molecule has 0 saturated heterocycles. The van der Waals surface area contributed by atoms with Crippen molar-refractivity contribution in [1.29, 1.82) is 5.26 Å². The number of benzene rings is 1.